The second kappa shape index (κ2) is 13.3. The van der Waals surface area contributed by atoms with Crippen LogP contribution in [0, 0.1) is 13.8 Å². The van der Waals surface area contributed by atoms with Gasteiger partial charge >= 0.3 is 12.1 Å². The summed E-state index contributed by atoms with van der Waals surface area (Å²) in [6, 6.07) is 10.5. The highest BCUT2D eigenvalue weighted by atomic mass is 32.2. The van der Waals surface area contributed by atoms with Gasteiger partial charge in [0.05, 0.1) is 30.2 Å². The van der Waals surface area contributed by atoms with Gasteiger partial charge in [0.15, 0.2) is 0 Å². The molecule has 1 unspecified atom stereocenters. The number of nitrogens with zero attached hydrogens (tertiary/aromatic N) is 3. The highest BCUT2D eigenvalue weighted by molar-refractivity contribution is 7.89. The number of benzene rings is 2. The summed E-state index contributed by atoms with van der Waals surface area (Å²) in [7, 11) is -1.22. The number of aryl methyl sites for hydroxylation is 2. The molecule has 45 heavy (non-hydrogen) atoms. The molecule has 1 atom stereocenters. The minimum absolute atomic E-state index is 0.0167. The fourth-order valence-electron chi connectivity index (χ4n) is 4.87. The van der Waals surface area contributed by atoms with E-state index in [0.29, 0.717) is 29.0 Å². The lowest BCUT2D eigenvalue weighted by atomic mass is 10.1. The summed E-state index contributed by atoms with van der Waals surface area (Å²) in [6.07, 6.45) is -4.24. The zero-order valence-corrected chi connectivity index (χ0v) is 26.2. The van der Waals surface area contributed by atoms with Crippen molar-refractivity contribution in [3.05, 3.63) is 82.3 Å². The molecule has 0 saturated heterocycles. The van der Waals surface area contributed by atoms with Crippen molar-refractivity contribution in [2.75, 3.05) is 33.8 Å². The number of nitrogens with one attached hydrogen (secondary N) is 2. The molecule has 11 nitrogen and oxygen atoms in total. The first-order valence-electron chi connectivity index (χ1n) is 13.9. The van der Waals surface area contributed by atoms with Crippen molar-refractivity contribution in [3.63, 3.8) is 0 Å². The molecule has 1 aliphatic rings. The molecule has 0 bridgehead atoms. The van der Waals surface area contributed by atoms with Crippen LogP contribution >= 0.6 is 0 Å². The number of ether oxygens (including phenoxy) is 1. The summed E-state index contributed by atoms with van der Waals surface area (Å²) in [5.41, 5.74) is 4.22. The predicted octanol–water partition coefficient (Wildman–Crippen LogP) is 3.91. The van der Waals surface area contributed by atoms with E-state index in [1.54, 1.807) is 50.2 Å². The number of methoxy groups -OCH3 is 1. The average molecular weight is 650 g/mol. The molecule has 242 valence electrons. The van der Waals surface area contributed by atoms with Crippen molar-refractivity contribution in [2.45, 2.75) is 44.3 Å². The molecule has 0 aliphatic carbocycles. The Hall–Kier alpha value is -4.37. The van der Waals surface area contributed by atoms with Crippen LogP contribution in [0.3, 0.4) is 0 Å². The summed E-state index contributed by atoms with van der Waals surface area (Å²) in [5, 5.41) is 3.34. The van der Waals surface area contributed by atoms with Gasteiger partial charge in [-0.05, 0) is 62.1 Å². The quantitative estimate of drug-likeness (QED) is 0.318. The molecule has 2 aromatic carbocycles. The first-order valence-corrected chi connectivity index (χ1v) is 15.4. The first-order chi connectivity index (χ1) is 21.1. The fourth-order valence-corrected chi connectivity index (χ4v) is 6.61. The maximum atomic E-state index is 13.5. The standard InChI is InChI=1S/C30H34F3N5O6S/c1-18-14-24(43-5)15-19(2)26(18)45(41,42)37(4)20(3)25-16-23(17-44-25)28(39)36-38(29(40)30(31,32)33)13-10-21-6-8-22(9-7-21)27-34-11-12-35-27/h6-9,14-17,20H,10-13H2,1-5H3,(H,34,35)(H,36,39). The lowest BCUT2D eigenvalue weighted by Crippen LogP contribution is -2.52. The Kier molecular flexibility index (Phi) is 9.92. The van der Waals surface area contributed by atoms with E-state index in [2.05, 4.69) is 10.3 Å². The fraction of sp³-hybridized carbons (Fsp3) is 0.367. The van der Waals surface area contributed by atoms with Crippen molar-refractivity contribution >= 4 is 27.7 Å². The number of halogens is 3. The number of sulfonamides is 1. The molecule has 0 saturated carbocycles. The van der Waals surface area contributed by atoms with Gasteiger partial charge in [0.1, 0.15) is 23.6 Å². The second-order valence-electron chi connectivity index (χ2n) is 10.5. The minimum atomic E-state index is -5.24. The topological polar surface area (TPSA) is 134 Å². The molecule has 0 fully saturated rings. The molecule has 0 radical (unpaired) electrons. The van der Waals surface area contributed by atoms with Crippen LogP contribution in [-0.4, -0.2) is 75.3 Å². The normalized spacial score (nSPS) is 14.1. The van der Waals surface area contributed by atoms with E-state index in [4.69, 9.17) is 9.15 Å². The molecule has 0 spiro atoms. The number of furan rings is 1. The van der Waals surface area contributed by atoms with E-state index in [1.165, 1.54) is 27.1 Å². The maximum Gasteiger partial charge on any atom is 0.473 e. The van der Waals surface area contributed by atoms with Crippen molar-refractivity contribution < 1.29 is 40.3 Å². The van der Waals surface area contributed by atoms with Gasteiger partial charge in [-0.25, -0.2) is 13.4 Å². The summed E-state index contributed by atoms with van der Waals surface area (Å²) >= 11 is 0. The Morgan fingerprint density at radius 1 is 1.13 bits per heavy atom. The van der Waals surface area contributed by atoms with E-state index in [1.807, 2.05) is 5.43 Å². The van der Waals surface area contributed by atoms with E-state index in [9.17, 15) is 31.2 Å². The van der Waals surface area contributed by atoms with Crippen molar-refractivity contribution in [3.8, 4) is 5.75 Å². The molecule has 2 heterocycles. The number of aliphatic imine (C=N–C) groups is 1. The first kappa shape index (κ1) is 33.5. The number of amidine groups is 1. The van der Waals surface area contributed by atoms with Crippen LogP contribution in [0.1, 0.15) is 51.3 Å². The monoisotopic (exact) mass is 649 g/mol. The molecule has 2 N–H and O–H groups in total. The van der Waals surface area contributed by atoms with Gasteiger partial charge in [-0.1, -0.05) is 24.3 Å². The summed E-state index contributed by atoms with van der Waals surface area (Å²) in [4.78, 5) is 29.6. The molecule has 3 aromatic rings. The van der Waals surface area contributed by atoms with Crippen LogP contribution in [0.15, 0.2) is 63.0 Å². The Bertz CT molecular complexity index is 1680. The Morgan fingerprint density at radius 3 is 2.33 bits per heavy atom. The SMILES string of the molecule is COc1cc(C)c(S(=O)(=O)N(C)C(C)c2cc(C(=O)NN(CCc3ccc(C4=NCCN4)cc3)C(=O)C(F)(F)F)co2)c(C)c1. The molecular weight excluding hydrogens is 615 g/mol. The average Bonchev–Trinajstić information content (AvgIpc) is 3.71. The molecule has 4 rings (SSSR count). The lowest BCUT2D eigenvalue weighted by Gasteiger charge is -2.25. The third kappa shape index (κ3) is 7.48. The van der Waals surface area contributed by atoms with Crippen LogP contribution in [0.2, 0.25) is 0 Å². The molecule has 2 amide bonds. The van der Waals surface area contributed by atoms with Crippen molar-refractivity contribution in [2.24, 2.45) is 4.99 Å². The van der Waals surface area contributed by atoms with Gasteiger partial charge in [-0.3, -0.25) is 20.0 Å². The number of hydrogen-bond donors (Lipinski definition) is 2. The summed E-state index contributed by atoms with van der Waals surface area (Å²) < 4.78 is 79.0. The van der Waals surface area contributed by atoms with Crippen LogP contribution < -0.4 is 15.5 Å². The van der Waals surface area contributed by atoms with Gasteiger partial charge in [0, 0.05) is 25.7 Å². The number of carbonyl (C=O) groups excluding carboxylic acids is 2. The van der Waals surface area contributed by atoms with E-state index >= 15 is 0 Å². The highest BCUT2D eigenvalue weighted by Crippen LogP contribution is 2.32. The largest absolute Gasteiger partial charge is 0.497 e. The number of carbonyl (C=O) groups is 2. The van der Waals surface area contributed by atoms with Crippen LogP contribution in [0.25, 0.3) is 0 Å². The third-order valence-electron chi connectivity index (χ3n) is 7.40. The van der Waals surface area contributed by atoms with Crippen molar-refractivity contribution in [1.82, 2.24) is 20.1 Å². The smallest absolute Gasteiger partial charge is 0.473 e. The lowest BCUT2D eigenvalue weighted by molar-refractivity contribution is -0.187. The Balaban J connectivity index is 1.47. The van der Waals surface area contributed by atoms with Gasteiger partial charge in [0.25, 0.3) is 5.91 Å². The number of hydrogen-bond acceptors (Lipinski definition) is 8. The van der Waals surface area contributed by atoms with Crippen LogP contribution in [-0.2, 0) is 21.2 Å². The maximum absolute atomic E-state index is 13.5. The van der Waals surface area contributed by atoms with Crippen LogP contribution in [0.4, 0.5) is 13.2 Å². The molecule has 1 aromatic heterocycles. The minimum Gasteiger partial charge on any atom is -0.497 e. The molecule has 1 aliphatic heterocycles. The van der Waals surface area contributed by atoms with Gasteiger partial charge < -0.3 is 14.5 Å². The number of hydrazine groups is 1. The predicted molar refractivity (Wildman–Crippen MR) is 159 cm³/mol. The zero-order valence-electron chi connectivity index (χ0n) is 25.4. The van der Waals surface area contributed by atoms with E-state index in [0.717, 1.165) is 28.5 Å². The van der Waals surface area contributed by atoms with E-state index < -0.39 is 40.6 Å². The van der Waals surface area contributed by atoms with Crippen LogP contribution in [0.5, 0.6) is 5.75 Å². The highest BCUT2D eigenvalue weighted by Gasteiger charge is 2.43. The number of rotatable bonds is 10. The zero-order chi connectivity index (χ0) is 33.1. The van der Waals surface area contributed by atoms with Gasteiger partial charge in [0.2, 0.25) is 10.0 Å². The van der Waals surface area contributed by atoms with E-state index in [-0.39, 0.29) is 27.6 Å². The Labute approximate surface area is 259 Å². The summed E-state index contributed by atoms with van der Waals surface area (Å²) in [6.45, 7) is 5.73. The number of alkyl halides is 3. The number of amides is 2. The Morgan fingerprint density at radius 2 is 1.78 bits per heavy atom. The summed E-state index contributed by atoms with van der Waals surface area (Å²) in [5.74, 6) is -1.99. The van der Waals surface area contributed by atoms with Gasteiger partial charge in [-0.2, -0.15) is 17.5 Å². The third-order valence-corrected chi connectivity index (χ3v) is 9.63. The second-order valence-corrected chi connectivity index (χ2v) is 12.5. The molecule has 15 heteroatoms. The van der Waals surface area contributed by atoms with Crippen molar-refractivity contribution in [1.29, 1.82) is 0 Å². The van der Waals surface area contributed by atoms with Gasteiger partial charge in [-0.15, -0.1) is 0 Å². The molecular formula is C30H34F3N5O6S.